The lowest BCUT2D eigenvalue weighted by atomic mass is 10.0. The summed E-state index contributed by atoms with van der Waals surface area (Å²) in [6, 6.07) is 8.84. The third-order valence-electron chi connectivity index (χ3n) is 3.26. The van der Waals surface area contributed by atoms with Crippen molar-refractivity contribution < 1.29 is 0 Å². The van der Waals surface area contributed by atoms with Crippen molar-refractivity contribution >= 4 is 27.7 Å². The molecule has 0 heterocycles. The average Bonchev–Trinajstić information content (AvgIpc) is 2.81. The van der Waals surface area contributed by atoms with Crippen LogP contribution in [0.1, 0.15) is 25.7 Å². The van der Waals surface area contributed by atoms with E-state index in [2.05, 4.69) is 40.2 Å². The van der Waals surface area contributed by atoms with Crippen molar-refractivity contribution in [3.05, 3.63) is 28.7 Å². The Bertz CT molecular complexity index is 319. The highest BCUT2D eigenvalue weighted by atomic mass is 79.9. The molecular formula is C13H18BrNS. The summed E-state index contributed by atoms with van der Waals surface area (Å²) in [5.74, 6) is 1.81. The molecule has 1 aromatic rings. The third kappa shape index (κ3) is 3.51. The van der Waals surface area contributed by atoms with E-state index in [1.165, 1.54) is 30.6 Å². The van der Waals surface area contributed by atoms with Crippen LogP contribution in [0.15, 0.2) is 33.6 Å². The van der Waals surface area contributed by atoms with Gasteiger partial charge in [0, 0.05) is 21.2 Å². The Balaban J connectivity index is 1.80. The Morgan fingerprint density at radius 2 is 1.88 bits per heavy atom. The predicted octanol–water partition coefficient (Wildman–Crippen LogP) is 4.06. The molecule has 2 N–H and O–H groups in total. The van der Waals surface area contributed by atoms with Crippen molar-refractivity contribution in [3.8, 4) is 0 Å². The number of thioether (sulfide) groups is 1. The summed E-state index contributed by atoms with van der Waals surface area (Å²) in [6.45, 7) is 0. The number of benzene rings is 1. The first kappa shape index (κ1) is 12.5. The molecule has 88 valence electrons. The number of halogens is 1. The molecule has 16 heavy (non-hydrogen) atoms. The van der Waals surface area contributed by atoms with Crippen LogP contribution in [0.25, 0.3) is 0 Å². The molecule has 1 nitrogen and oxygen atoms in total. The van der Waals surface area contributed by atoms with Crippen LogP contribution in [-0.4, -0.2) is 11.8 Å². The van der Waals surface area contributed by atoms with Gasteiger partial charge in [0.1, 0.15) is 0 Å². The first-order valence-corrected chi connectivity index (χ1v) is 7.67. The van der Waals surface area contributed by atoms with Gasteiger partial charge in [0.25, 0.3) is 0 Å². The van der Waals surface area contributed by atoms with Crippen LogP contribution in [0.5, 0.6) is 0 Å². The zero-order valence-corrected chi connectivity index (χ0v) is 11.8. The van der Waals surface area contributed by atoms with Gasteiger partial charge in [0.15, 0.2) is 0 Å². The maximum atomic E-state index is 6.23. The van der Waals surface area contributed by atoms with Gasteiger partial charge in [-0.2, -0.15) is 0 Å². The van der Waals surface area contributed by atoms with E-state index in [-0.39, 0.29) is 0 Å². The molecule has 0 saturated heterocycles. The van der Waals surface area contributed by atoms with Crippen LogP contribution in [0.3, 0.4) is 0 Å². The molecule has 1 atom stereocenters. The SMILES string of the molecule is NC(CSc1ccc(Br)cc1)C1CCCC1. The summed E-state index contributed by atoms with van der Waals surface area (Å²) in [5, 5.41) is 0. The van der Waals surface area contributed by atoms with Gasteiger partial charge >= 0.3 is 0 Å². The van der Waals surface area contributed by atoms with Gasteiger partial charge in [0.05, 0.1) is 0 Å². The lowest BCUT2D eigenvalue weighted by Crippen LogP contribution is -2.30. The van der Waals surface area contributed by atoms with Crippen molar-refractivity contribution in [2.24, 2.45) is 11.7 Å². The summed E-state index contributed by atoms with van der Waals surface area (Å²) < 4.78 is 1.14. The Hall–Kier alpha value is 0.01000. The second kappa shape index (κ2) is 6.08. The molecule has 0 radical (unpaired) electrons. The fourth-order valence-corrected chi connectivity index (χ4v) is 3.49. The monoisotopic (exact) mass is 299 g/mol. The average molecular weight is 300 g/mol. The van der Waals surface area contributed by atoms with Crippen LogP contribution in [0, 0.1) is 5.92 Å². The van der Waals surface area contributed by atoms with Gasteiger partial charge in [-0.3, -0.25) is 0 Å². The van der Waals surface area contributed by atoms with Gasteiger partial charge in [0.2, 0.25) is 0 Å². The third-order valence-corrected chi connectivity index (χ3v) is 4.95. The smallest absolute Gasteiger partial charge is 0.0176 e. The van der Waals surface area contributed by atoms with E-state index in [0.717, 1.165) is 16.1 Å². The highest BCUT2D eigenvalue weighted by Crippen LogP contribution is 2.30. The lowest BCUT2D eigenvalue weighted by molar-refractivity contribution is 0.463. The van der Waals surface area contributed by atoms with E-state index in [4.69, 9.17) is 5.73 Å². The van der Waals surface area contributed by atoms with E-state index in [1.54, 1.807) is 0 Å². The topological polar surface area (TPSA) is 26.0 Å². The summed E-state index contributed by atoms with van der Waals surface area (Å²) in [6.07, 6.45) is 5.42. The molecule has 1 aliphatic rings. The predicted molar refractivity (Wildman–Crippen MR) is 74.8 cm³/mol. The molecule has 1 fully saturated rings. The van der Waals surface area contributed by atoms with Crippen LogP contribution < -0.4 is 5.73 Å². The van der Waals surface area contributed by atoms with Gasteiger partial charge in [-0.25, -0.2) is 0 Å². The van der Waals surface area contributed by atoms with Crippen molar-refractivity contribution in [3.63, 3.8) is 0 Å². The maximum absolute atomic E-state index is 6.23. The summed E-state index contributed by atoms with van der Waals surface area (Å²) >= 11 is 5.32. The normalized spacial score (nSPS) is 18.9. The molecule has 3 heteroatoms. The van der Waals surface area contributed by atoms with Crippen molar-refractivity contribution in [1.82, 2.24) is 0 Å². The minimum atomic E-state index is 0.371. The first-order chi connectivity index (χ1) is 7.75. The second-order valence-corrected chi connectivity index (χ2v) is 6.48. The van der Waals surface area contributed by atoms with Crippen LogP contribution in [0.4, 0.5) is 0 Å². The zero-order valence-electron chi connectivity index (χ0n) is 9.36. The quantitative estimate of drug-likeness (QED) is 0.849. The molecule has 1 aromatic carbocycles. The largest absolute Gasteiger partial charge is 0.327 e. The number of hydrogen-bond acceptors (Lipinski definition) is 2. The van der Waals surface area contributed by atoms with Crippen molar-refractivity contribution in [2.45, 2.75) is 36.6 Å². The molecule has 0 aromatic heterocycles. The van der Waals surface area contributed by atoms with Crippen molar-refractivity contribution in [2.75, 3.05) is 5.75 Å². The second-order valence-electron chi connectivity index (χ2n) is 4.47. The number of nitrogens with two attached hydrogens (primary N) is 1. The Morgan fingerprint density at radius 1 is 1.25 bits per heavy atom. The molecule has 0 aliphatic heterocycles. The van der Waals surface area contributed by atoms with Gasteiger partial charge in [-0.1, -0.05) is 28.8 Å². The Morgan fingerprint density at radius 3 is 2.50 bits per heavy atom. The number of rotatable bonds is 4. The molecule has 0 amide bonds. The van der Waals surface area contributed by atoms with Gasteiger partial charge in [-0.05, 0) is 43.0 Å². The van der Waals surface area contributed by atoms with Gasteiger partial charge < -0.3 is 5.73 Å². The fourth-order valence-electron chi connectivity index (χ4n) is 2.24. The highest BCUT2D eigenvalue weighted by molar-refractivity contribution is 9.10. The van der Waals surface area contributed by atoms with E-state index < -0.39 is 0 Å². The first-order valence-electron chi connectivity index (χ1n) is 5.89. The molecule has 0 bridgehead atoms. The molecular weight excluding hydrogens is 282 g/mol. The van der Waals surface area contributed by atoms with E-state index in [0.29, 0.717) is 6.04 Å². The minimum absolute atomic E-state index is 0.371. The number of hydrogen-bond donors (Lipinski definition) is 1. The highest BCUT2D eigenvalue weighted by Gasteiger charge is 2.21. The van der Waals surface area contributed by atoms with Crippen LogP contribution >= 0.6 is 27.7 Å². The van der Waals surface area contributed by atoms with Crippen LogP contribution in [-0.2, 0) is 0 Å². The molecule has 2 rings (SSSR count). The molecule has 1 saturated carbocycles. The van der Waals surface area contributed by atoms with E-state index in [9.17, 15) is 0 Å². The maximum Gasteiger partial charge on any atom is 0.0176 e. The molecule has 0 spiro atoms. The fraction of sp³-hybridized carbons (Fsp3) is 0.538. The summed E-state index contributed by atoms with van der Waals surface area (Å²) in [4.78, 5) is 1.32. The zero-order chi connectivity index (χ0) is 11.4. The summed E-state index contributed by atoms with van der Waals surface area (Å²) in [7, 11) is 0. The van der Waals surface area contributed by atoms with Crippen molar-refractivity contribution in [1.29, 1.82) is 0 Å². The Kier molecular flexibility index (Phi) is 4.74. The van der Waals surface area contributed by atoms with Crippen LogP contribution in [0.2, 0.25) is 0 Å². The minimum Gasteiger partial charge on any atom is -0.327 e. The molecule has 1 aliphatic carbocycles. The standard InChI is InChI=1S/C13H18BrNS/c14-11-5-7-12(8-6-11)16-9-13(15)10-3-1-2-4-10/h5-8,10,13H,1-4,9,15H2. The Labute approximate surface area is 110 Å². The van der Waals surface area contributed by atoms with E-state index in [1.807, 2.05) is 11.8 Å². The summed E-state index contributed by atoms with van der Waals surface area (Å²) in [5.41, 5.74) is 6.23. The molecule has 1 unspecified atom stereocenters. The van der Waals surface area contributed by atoms with Gasteiger partial charge in [-0.15, -0.1) is 11.8 Å². The lowest BCUT2D eigenvalue weighted by Gasteiger charge is -2.18. The van der Waals surface area contributed by atoms with E-state index >= 15 is 0 Å².